The Morgan fingerprint density at radius 2 is 1.79 bits per heavy atom. The van der Waals surface area contributed by atoms with Gasteiger partial charge in [0.15, 0.2) is 17.3 Å². The van der Waals surface area contributed by atoms with E-state index in [1.54, 1.807) is 30.6 Å². The van der Waals surface area contributed by atoms with E-state index >= 15 is 0 Å². The molecule has 3 aromatic rings. The van der Waals surface area contributed by atoms with Crippen molar-refractivity contribution in [2.75, 3.05) is 0 Å². The highest BCUT2D eigenvalue weighted by Crippen LogP contribution is 2.26. The quantitative estimate of drug-likeness (QED) is 0.432. The molecule has 0 aliphatic rings. The minimum atomic E-state index is -0.222. The zero-order valence-corrected chi connectivity index (χ0v) is 12.8. The molecule has 0 fully saturated rings. The maximum atomic E-state index is 12.5. The largest absolute Gasteiger partial charge is 0.504 e. The molecule has 3 rings (SSSR count). The smallest absolute Gasteiger partial charge is 0.186 e. The lowest BCUT2D eigenvalue weighted by Gasteiger charge is -2.06. The molecule has 0 spiro atoms. The van der Waals surface area contributed by atoms with Crippen molar-refractivity contribution in [3.63, 3.8) is 0 Å². The lowest BCUT2D eigenvalue weighted by atomic mass is 9.98. The molecule has 118 valence electrons. The molecule has 4 nitrogen and oxygen atoms in total. The van der Waals surface area contributed by atoms with Crippen LogP contribution in [0.2, 0.25) is 0 Å². The van der Waals surface area contributed by atoms with Crippen LogP contribution >= 0.6 is 0 Å². The summed E-state index contributed by atoms with van der Waals surface area (Å²) in [5.41, 5.74) is 2.88. The van der Waals surface area contributed by atoms with Crippen LogP contribution < -0.4 is 0 Å². The van der Waals surface area contributed by atoms with Gasteiger partial charge in [-0.05, 0) is 35.4 Å². The molecule has 0 saturated carbocycles. The molecule has 0 amide bonds. The predicted octanol–water partition coefficient (Wildman–Crippen LogP) is 4.06. The van der Waals surface area contributed by atoms with Gasteiger partial charge in [0.25, 0.3) is 0 Å². The first kappa shape index (κ1) is 15.5. The van der Waals surface area contributed by atoms with Gasteiger partial charge in [-0.2, -0.15) is 0 Å². The fraction of sp³-hybridized carbons (Fsp3) is 0. The highest BCUT2D eigenvalue weighted by atomic mass is 16.3. The van der Waals surface area contributed by atoms with Crippen LogP contribution in [0.5, 0.6) is 11.5 Å². The van der Waals surface area contributed by atoms with Crippen molar-refractivity contribution in [1.82, 2.24) is 4.98 Å². The summed E-state index contributed by atoms with van der Waals surface area (Å²) in [7, 11) is 0. The van der Waals surface area contributed by atoms with Gasteiger partial charge in [0.1, 0.15) is 0 Å². The van der Waals surface area contributed by atoms with Gasteiger partial charge in [0, 0.05) is 23.5 Å². The van der Waals surface area contributed by atoms with Crippen LogP contribution in [-0.2, 0) is 0 Å². The van der Waals surface area contributed by atoms with Crippen molar-refractivity contribution >= 4 is 11.9 Å². The first-order valence-corrected chi connectivity index (χ1v) is 7.39. The Balaban J connectivity index is 1.91. The number of hydrogen-bond acceptors (Lipinski definition) is 4. The molecule has 2 N–H and O–H groups in total. The molecule has 1 aromatic heterocycles. The van der Waals surface area contributed by atoms with Crippen molar-refractivity contribution < 1.29 is 15.0 Å². The third-order valence-electron chi connectivity index (χ3n) is 3.59. The molecule has 0 unspecified atom stereocenters. The van der Waals surface area contributed by atoms with E-state index < -0.39 is 0 Å². The summed E-state index contributed by atoms with van der Waals surface area (Å²) in [4.78, 5) is 16.6. The van der Waals surface area contributed by atoms with E-state index in [1.807, 2.05) is 30.3 Å². The fourth-order valence-corrected chi connectivity index (χ4v) is 2.38. The number of rotatable bonds is 4. The SMILES string of the molecule is O=C(C=Cc1ccc(O)c(O)c1)c1ccccc1-c1cccnc1. The molecule has 2 aromatic carbocycles. The van der Waals surface area contributed by atoms with Crippen LogP contribution in [-0.4, -0.2) is 21.0 Å². The number of carbonyl (C=O) groups excluding carboxylic acids is 1. The zero-order chi connectivity index (χ0) is 16.9. The van der Waals surface area contributed by atoms with Gasteiger partial charge >= 0.3 is 0 Å². The van der Waals surface area contributed by atoms with Crippen LogP contribution in [0.1, 0.15) is 15.9 Å². The van der Waals surface area contributed by atoms with Crippen LogP contribution in [0, 0.1) is 0 Å². The molecule has 1 heterocycles. The first-order valence-electron chi connectivity index (χ1n) is 7.39. The molecule has 0 bridgehead atoms. The summed E-state index contributed by atoms with van der Waals surface area (Å²) in [5, 5.41) is 18.8. The second-order valence-corrected chi connectivity index (χ2v) is 5.23. The topological polar surface area (TPSA) is 70.4 Å². The number of carbonyl (C=O) groups is 1. The van der Waals surface area contributed by atoms with E-state index in [0.29, 0.717) is 11.1 Å². The Bertz CT molecular complexity index is 902. The van der Waals surface area contributed by atoms with E-state index in [-0.39, 0.29) is 17.3 Å². The first-order chi connectivity index (χ1) is 11.6. The average Bonchev–Trinajstić information content (AvgIpc) is 2.63. The second kappa shape index (κ2) is 6.79. The van der Waals surface area contributed by atoms with E-state index in [9.17, 15) is 15.0 Å². The lowest BCUT2D eigenvalue weighted by Crippen LogP contribution is -1.97. The summed E-state index contributed by atoms with van der Waals surface area (Å²) in [6.45, 7) is 0. The number of ketones is 1. The van der Waals surface area contributed by atoms with Crippen molar-refractivity contribution in [3.05, 3.63) is 84.2 Å². The second-order valence-electron chi connectivity index (χ2n) is 5.23. The van der Waals surface area contributed by atoms with Gasteiger partial charge in [0.2, 0.25) is 0 Å². The molecule has 0 aliphatic heterocycles. The maximum absolute atomic E-state index is 12.5. The van der Waals surface area contributed by atoms with E-state index in [4.69, 9.17) is 0 Å². The predicted molar refractivity (Wildman–Crippen MR) is 92.8 cm³/mol. The summed E-state index contributed by atoms with van der Waals surface area (Å²) < 4.78 is 0. The van der Waals surface area contributed by atoms with Crippen LogP contribution in [0.3, 0.4) is 0 Å². The van der Waals surface area contributed by atoms with E-state index in [1.165, 1.54) is 18.2 Å². The number of allylic oxidation sites excluding steroid dienone is 1. The van der Waals surface area contributed by atoms with Gasteiger partial charge in [0.05, 0.1) is 0 Å². The number of phenols is 2. The molecule has 0 aliphatic carbocycles. The highest BCUT2D eigenvalue weighted by molar-refractivity contribution is 6.10. The molecule has 0 radical (unpaired) electrons. The highest BCUT2D eigenvalue weighted by Gasteiger charge is 2.10. The summed E-state index contributed by atoms with van der Waals surface area (Å²) in [5.74, 6) is -0.567. The molecule has 0 saturated heterocycles. The minimum Gasteiger partial charge on any atom is -0.504 e. The number of nitrogens with zero attached hydrogens (tertiary/aromatic N) is 1. The number of benzene rings is 2. The number of aromatic hydroxyl groups is 2. The van der Waals surface area contributed by atoms with E-state index in [0.717, 1.165) is 11.1 Å². The van der Waals surface area contributed by atoms with Crippen LogP contribution in [0.15, 0.2) is 73.1 Å². The Hall–Kier alpha value is -3.40. The zero-order valence-electron chi connectivity index (χ0n) is 12.8. The summed E-state index contributed by atoms with van der Waals surface area (Å²) >= 11 is 0. The summed E-state index contributed by atoms with van der Waals surface area (Å²) in [6.07, 6.45) is 6.45. The average molecular weight is 317 g/mol. The number of pyridine rings is 1. The van der Waals surface area contributed by atoms with Crippen LogP contribution in [0.4, 0.5) is 0 Å². The van der Waals surface area contributed by atoms with Gasteiger partial charge in [-0.25, -0.2) is 0 Å². The number of aromatic nitrogens is 1. The molecular weight excluding hydrogens is 302 g/mol. The van der Waals surface area contributed by atoms with Crippen molar-refractivity contribution in [2.45, 2.75) is 0 Å². The number of hydrogen-bond donors (Lipinski definition) is 2. The molecule has 24 heavy (non-hydrogen) atoms. The minimum absolute atomic E-state index is 0.151. The lowest BCUT2D eigenvalue weighted by molar-refractivity contribution is 0.104. The Labute approximate surface area is 139 Å². The summed E-state index contributed by atoms with van der Waals surface area (Å²) in [6, 6.07) is 15.5. The third kappa shape index (κ3) is 3.33. The normalized spacial score (nSPS) is 10.8. The maximum Gasteiger partial charge on any atom is 0.186 e. The van der Waals surface area contributed by atoms with Gasteiger partial charge in [-0.1, -0.05) is 42.5 Å². The fourth-order valence-electron chi connectivity index (χ4n) is 2.38. The molecule has 4 heteroatoms. The molecular formula is C20H15NO3. The van der Waals surface area contributed by atoms with Gasteiger partial charge < -0.3 is 10.2 Å². The van der Waals surface area contributed by atoms with Crippen molar-refractivity contribution in [1.29, 1.82) is 0 Å². The standard InChI is InChI=1S/C20H15NO3/c22-18(9-7-14-8-10-19(23)20(24)12-14)17-6-2-1-5-16(17)15-4-3-11-21-13-15/h1-13,23-24H. The Morgan fingerprint density at radius 1 is 0.958 bits per heavy atom. The number of phenolic OH excluding ortho intramolecular Hbond substituents is 2. The monoisotopic (exact) mass is 317 g/mol. The van der Waals surface area contributed by atoms with Gasteiger partial charge in [-0.15, -0.1) is 0 Å². The molecule has 0 atom stereocenters. The Morgan fingerprint density at radius 3 is 2.54 bits per heavy atom. The van der Waals surface area contributed by atoms with Crippen LogP contribution in [0.25, 0.3) is 17.2 Å². The van der Waals surface area contributed by atoms with Crippen molar-refractivity contribution in [3.8, 4) is 22.6 Å². The van der Waals surface area contributed by atoms with E-state index in [2.05, 4.69) is 4.98 Å². The van der Waals surface area contributed by atoms with Gasteiger partial charge in [-0.3, -0.25) is 9.78 Å². The third-order valence-corrected chi connectivity index (χ3v) is 3.59. The van der Waals surface area contributed by atoms with Crippen molar-refractivity contribution in [2.24, 2.45) is 0 Å². The Kier molecular flexibility index (Phi) is 4.38.